The second-order valence-electron chi connectivity index (χ2n) is 5.52. The van der Waals surface area contributed by atoms with Crippen molar-refractivity contribution in [3.8, 4) is 0 Å². The lowest BCUT2D eigenvalue weighted by atomic mass is 10.0. The van der Waals surface area contributed by atoms with E-state index in [1.807, 2.05) is 0 Å². The third kappa shape index (κ3) is 3.54. The highest BCUT2D eigenvalue weighted by Gasteiger charge is 2.23. The van der Waals surface area contributed by atoms with Gasteiger partial charge in [0.25, 0.3) is 0 Å². The van der Waals surface area contributed by atoms with Gasteiger partial charge >= 0.3 is 0 Å². The largest absolute Gasteiger partial charge is 0.394 e. The van der Waals surface area contributed by atoms with Gasteiger partial charge in [0.2, 0.25) is 0 Å². The minimum atomic E-state index is 0.238. The summed E-state index contributed by atoms with van der Waals surface area (Å²) < 4.78 is 1.13. The Labute approximate surface area is 130 Å². The molecule has 0 amide bonds. The summed E-state index contributed by atoms with van der Waals surface area (Å²) in [6, 6.07) is 7.20. The molecule has 1 aliphatic heterocycles. The molecule has 1 aliphatic rings. The van der Waals surface area contributed by atoms with E-state index >= 15 is 0 Å². The molecule has 2 rings (SSSR count). The molecule has 1 saturated heterocycles. The van der Waals surface area contributed by atoms with Crippen molar-refractivity contribution >= 4 is 21.6 Å². The van der Waals surface area contributed by atoms with E-state index in [0.29, 0.717) is 6.04 Å². The van der Waals surface area contributed by atoms with Crippen molar-refractivity contribution in [3.05, 3.63) is 28.2 Å². The normalized spacial score (nSPS) is 21.0. The van der Waals surface area contributed by atoms with Crippen LogP contribution in [0.2, 0.25) is 0 Å². The Hall–Kier alpha value is -0.580. The smallest absolute Gasteiger partial charge is 0.0635 e. The van der Waals surface area contributed by atoms with E-state index in [1.54, 1.807) is 0 Å². The topological polar surface area (TPSA) is 35.5 Å². The van der Waals surface area contributed by atoms with Crippen LogP contribution in [0.15, 0.2) is 22.7 Å². The van der Waals surface area contributed by atoms with Crippen molar-refractivity contribution in [1.82, 2.24) is 5.32 Å². The number of hydrogen-bond donors (Lipinski definition) is 2. The van der Waals surface area contributed by atoms with Crippen LogP contribution in [-0.4, -0.2) is 30.8 Å². The van der Waals surface area contributed by atoms with Crippen molar-refractivity contribution in [1.29, 1.82) is 0 Å². The molecule has 20 heavy (non-hydrogen) atoms. The molecule has 112 valence electrons. The number of benzene rings is 1. The molecule has 1 heterocycles. The van der Waals surface area contributed by atoms with Crippen LogP contribution in [0.1, 0.15) is 44.7 Å². The Morgan fingerprint density at radius 1 is 1.45 bits per heavy atom. The van der Waals surface area contributed by atoms with Crippen LogP contribution in [-0.2, 0) is 0 Å². The van der Waals surface area contributed by atoms with E-state index in [9.17, 15) is 5.11 Å². The minimum absolute atomic E-state index is 0.238. The van der Waals surface area contributed by atoms with Gasteiger partial charge < -0.3 is 15.3 Å². The van der Waals surface area contributed by atoms with Gasteiger partial charge in [-0.15, -0.1) is 0 Å². The van der Waals surface area contributed by atoms with E-state index in [1.165, 1.54) is 24.1 Å². The second-order valence-corrected chi connectivity index (χ2v) is 6.37. The molecule has 2 N–H and O–H groups in total. The molecular weight excluding hydrogens is 316 g/mol. The first-order chi connectivity index (χ1) is 9.67. The standard InChI is InChI=1S/C16H25BrN2O/c1-3-18-12(2)13-7-8-16(15(17)10-13)19-9-5-4-6-14(19)11-20/h7-8,10,12,14,18,20H,3-6,9,11H2,1-2H3. The van der Waals surface area contributed by atoms with E-state index < -0.39 is 0 Å². The summed E-state index contributed by atoms with van der Waals surface area (Å²) in [6.45, 7) is 6.55. The number of aliphatic hydroxyl groups excluding tert-OH is 1. The van der Waals surface area contributed by atoms with Crippen molar-refractivity contribution in [2.45, 2.75) is 45.2 Å². The van der Waals surface area contributed by atoms with Crippen LogP contribution >= 0.6 is 15.9 Å². The average Bonchev–Trinajstić information content (AvgIpc) is 2.47. The Morgan fingerprint density at radius 2 is 2.25 bits per heavy atom. The molecule has 0 aromatic heterocycles. The highest BCUT2D eigenvalue weighted by atomic mass is 79.9. The summed E-state index contributed by atoms with van der Waals surface area (Å²) in [6.07, 6.45) is 3.51. The number of aliphatic hydroxyl groups is 1. The molecule has 0 aliphatic carbocycles. The number of nitrogens with one attached hydrogen (secondary N) is 1. The highest BCUT2D eigenvalue weighted by Crippen LogP contribution is 2.33. The minimum Gasteiger partial charge on any atom is -0.394 e. The molecule has 1 aromatic carbocycles. The maximum Gasteiger partial charge on any atom is 0.0635 e. The van der Waals surface area contributed by atoms with Crippen LogP contribution in [0, 0.1) is 0 Å². The maximum absolute atomic E-state index is 9.56. The third-order valence-electron chi connectivity index (χ3n) is 4.13. The lowest BCUT2D eigenvalue weighted by Crippen LogP contribution is -2.42. The van der Waals surface area contributed by atoms with Crippen molar-refractivity contribution in [3.63, 3.8) is 0 Å². The highest BCUT2D eigenvalue weighted by molar-refractivity contribution is 9.10. The summed E-state index contributed by atoms with van der Waals surface area (Å²) in [5.74, 6) is 0. The third-order valence-corrected chi connectivity index (χ3v) is 4.76. The van der Waals surface area contributed by atoms with Gasteiger partial charge in [0.1, 0.15) is 0 Å². The van der Waals surface area contributed by atoms with Gasteiger partial charge in [-0.05, 0) is 66.4 Å². The summed E-state index contributed by atoms with van der Waals surface area (Å²) >= 11 is 3.71. The molecule has 0 saturated carbocycles. The van der Waals surface area contributed by atoms with E-state index in [-0.39, 0.29) is 12.6 Å². The van der Waals surface area contributed by atoms with Crippen LogP contribution in [0.4, 0.5) is 5.69 Å². The number of piperidine rings is 1. The Kier molecular flexibility index (Phi) is 5.87. The van der Waals surface area contributed by atoms with Crippen LogP contribution < -0.4 is 10.2 Å². The number of nitrogens with zero attached hydrogens (tertiary/aromatic N) is 1. The fourth-order valence-electron chi connectivity index (χ4n) is 2.96. The van der Waals surface area contributed by atoms with Crippen molar-refractivity contribution < 1.29 is 5.11 Å². The SMILES string of the molecule is CCNC(C)c1ccc(N2CCCCC2CO)c(Br)c1. The predicted octanol–water partition coefficient (Wildman–Crippen LogP) is 3.47. The van der Waals surface area contributed by atoms with Crippen LogP contribution in [0.25, 0.3) is 0 Å². The Balaban J connectivity index is 2.20. The molecule has 4 heteroatoms. The fourth-order valence-corrected chi connectivity index (χ4v) is 3.58. The van der Waals surface area contributed by atoms with Gasteiger partial charge in [-0.25, -0.2) is 0 Å². The maximum atomic E-state index is 9.56. The van der Waals surface area contributed by atoms with Crippen LogP contribution in [0.5, 0.6) is 0 Å². The molecule has 0 radical (unpaired) electrons. The Bertz CT molecular complexity index is 438. The second kappa shape index (κ2) is 7.43. The van der Waals surface area contributed by atoms with E-state index in [0.717, 1.165) is 24.0 Å². The van der Waals surface area contributed by atoms with Gasteiger partial charge in [-0.1, -0.05) is 13.0 Å². The zero-order chi connectivity index (χ0) is 14.5. The number of rotatable bonds is 5. The summed E-state index contributed by atoms with van der Waals surface area (Å²) in [4.78, 5) is 2.34. The van der Waals surface area contributed by atoms with Gasteiger partial charge in [0.15, 0.2) is 0 Å². The average molecular weight is 341 g/mol. The molecule has 2 unspecified atom stereocenters. The predicted molar refractivity (Wildman–Crippen MR) is 88.3 cm³/mol. The van der Waals surface area contributed by atoms with Gasteiger partial charge in [-0.2, -0.15) is 0 Å². The monoisotopic (exact) mass is 340 g/mol. The van der Waals surface area contributed by atoms with Crippen molar-refractivity contribution in [2.75, 3.05) is 24.6 Å². The van der Waals surface area contributed by atoms with Crippen molar-refractivity contribution in [2.24, 2.45) is 0 Å². The molecule has 0 bridgehead atoms. The number of hydrogen-bond acceptors (Lipinski definition) is 3. The molecule has 3 nitrogen and oxygen atoms in total. The van der Waals surface area contributed by atoms with E-state index in [2.05, 4.69) is 58.2 Å². The fraction of sp³-hybridized carbons (Fsp3) is 0.625. The summed E-state index contributed by atoms with van der Waals surface area (Å²) in [5.41, 5.74) is 2.50. The number of anilines is 1. The first-order valence-electron chi connectivity index (χ1n) is 7.57. The zero-order valence-electron chi connectivity index (χ0n) is 12.4. The lowest BCUT2D eigenvalue weighted by molar-refractivity contribution is 0.240. The molecule has 1 aromatic rings. The number of halogens is 1. The molecule has 2 atom stereocenters. The van der Waals surface area contributed by atoms with Gasteiger partial charge in [0, 0.05) is 17.1 Å². The zero-order valence-corrected chi connectivity index (χ0v) is 14.0. The summed E-state index contributed by atoms with van der Waals surface area (Å²) in [5, 5.41) is 13.0. The quantitative estimate of drug-likeness (QED) is 0.861. The van der Waals surface area contributed by atoms with Gasteiger partial charge in [0.05, 0.1) is 18.3 Å². The van der Waals surface area contributed by atoms with Gasteiger partial charge in [-0.3, -0.25) is 0 Å². The molecule has 0 spiro atoms. The first-order valence-corrected chi connectivity index (χ1v) is 8.37. The molecule has 1 fully saturated rings. The summed E-state index contributed by atoms with van der Waals surface area (Å²) in [7, 11) is 0. The van der Waals surface area contributed by atoms with E-state index in [4.69, 9.17) is 0 Å². The lowest BCUT2D eigenvalue weighted by Gasteiger charge is -2.37. The Morgan fingerprint density at radius 3 is 2.90 bits per heavy atom. The van der Waals surface area contributed by atoms with Crippen LogP contribution in [0.3, 0.4) is 0 Å². The first kappa shape index (κ1) is 15.8. The molecular formula is C16H25BrN2O.